The van der Waals surface area contributed by atoms with Gasteiger partial charge in [-0.15, -0.1) is 0 Å². The van der Waals surface area contributed by atoms with Crippen LogP contribution >= 0.6 is 0 Å². The molecule has 0 saturated heterocycles. The van der Waals surface area contributed by atoms with E-state index in [1.165, 1.54) is 0 Å². The summed E-state index contributed by atoms with van der Waals surface area (Å²) in [7, 11) is 1.65. The molecule has 0 aliphatic rings. The minimum Gasteiger partial charge on any atom is -0.396 e. The van der Waals surface area contributed by atoms with Crippen molar-refractivity contribution < 1.29 is 19.4 Å². The molecule has 186 valence electrons. The molecular weight excluding hydrogens is 394 g/mol. The molecular formula is C24H51N3O4. The summed E-state index contributed by atoms with van der Waals surface area (Å²) in [4.78, 5) is 23.8. The van der Waals surface area contributed by atoms with Gasteiger partial charge in [0.25, 0.3) is 0 Å². The first-order valence-corrected chi connectivity index (χ1v) is 12.2. The first-order chi connectivity index (χ1) is 14.8. The Morgan fingerprint density at radius 1 is 0.903 bits per heavy atom. The molecule has 0 fully saturated rings. The van der Waals surface area contributed by atoms with Crippen molar-refractivity contribution >= 4 is 11.8 Å². The average Bonchev–Trinajstić information content (AvgIpc) is 2.73. The van der Waals surface area contributed by atoms with E-state index in [9.17, 15) is 14.7 Å². The van der Waals surface area contributed by atoms with Crippen LogP contribution in [-0.2, 0) is 14.3 Å². The number of ether oxygens (including phenoxy) is 1. The Morgan fingerprint density at radius 3 is 2.00 bits per heavy atom. The molecule has 0 bridgehead atoms. The molecule has 0 aromatic rings. The van der Waals surface area contributed by atoms with E-state index in [0.717, 1.165) is 38.5 Å². The van der Waals surface area contributed by atoms with Crippen LogP contribution in [-0.4, -0.2) is 62.4 Å². The first kappa shape index (κ1) is 32.0. The summed E-state index contributed by atoms with van der Waals surface area (Å²) in [6, 6.07) is 0.473. The predicted octanol–water partition coefficient (Wildman–Crippen LogP) is 3.25. The van der Waals surface area contributed by atoms with Crippen molar-refractivity contribution in [1.82, 2.24) is 16.0 Å². The Hall–Kier alpha value is -1.18. The Morgan fingerprint density at radius 2 is 1.48 bits per heavy atom. The fourth-order valence-corrected chi connectivity index (χ4v) is 3.19. The summed E-state index contributed by atoms with van der Waals surface area (Å²) < 4.78 is 5.08. The number of carbonyl (C=O) groups is 2. The summed E-state index contributed by atoms with van der Waals surface area (Å²) in [6.45, 7) is 14.0. The summed E-state index contributed by atoms with van der Waals surface area (Å²) in [5, 5.41) is 18.7. The Balaban J connectivity index is 0. The van der Waals surface area contributed by atoms with Gasteiger partial charge in [-0.3, -0.25) is 9.59 Å². The Labute approximate surface area is 191 Å². The molecule has 0 spiro atoms. The van der Waals surface area contributed by atoms with Gasteiger partial charge in [-0.1, -0.05) is 54.4 Å². The standard InChI is InChI=1S/C22H45N3O4.C2H6/c1-17(2)22(28)24-13-9-7-11-20(25-18(3)4)14-21(27)23-12-8-6-10-19(15-26)16-29-5;1-2/h17-20,25-26H,6-16H2,1-5H3,(H,23,27)(H,24,28);1-2H3. The maximum atomic E-state index is 12.3. The predicted molar refractivity (Wildman–Crippen MR) is 129 cm³/mol. The molecule has 0 aromatic carbocycles. The zero-order valence-corrected chi connectivity index (χ0v) is 21.3. The highest BCUT2D eigenvalue weighted by Gasteiger charge is 2.15. The van der Waals surface area contributed by atoms with E-state index in [-0.39, 0.29) is 36.3 Å². The summed E-state index contributed by atoms with van der Waals surface area (Å²) in [5.74, 6) is 0.366. The van der Waals surface area contributed by atoms with Gasteiger partial charge < -0.3 is 25.8 Å². The molecule has 2 unspecified atom stereocenters. The molecule has 2 amide bonds. The lowest BCUT2D eigenvalue weighted by Gasteiger charge is -2.21. The molecule has 0 aromatic heterocycles. The van der Waals surface area contributed by atoms with Crippen LogP contribution in [0.25, 0.3) is 0 Å². The number of nitrogens with one attached hydrogen (secondary N) is 3. The number of hydrogen-bond donors (Lipinski definition) is 4. The van der Waals surface area contributed by atoms with E-state index < -0.39 is 0 Å². The third-order valence-electron chi connectivity index (χ3n) is 4.83. The minimum atomic E-state index is 0.0172. The van der Waals surface area contributed by atoms with Gasteiger partial charge in [0.15, 0.2) is 0 Å². The molecule has 31 heavy (non-hydrogen) atoms. The highest BCUT2D eigenvalue weighted by atomic mass is 16.5. The highest BCUT2D eigenvalue weighted by molar-refractivity contribution is 5.77. The van der Waals surface area contributed by atoms with Gasteiger partial charge in [-0.05, 0) is 25.7 Å². The van der Waals surface area contributed by atoms with Crippen molar-refractivity contribution in [2.75, 3.05) is 33.4 Å². The second kappa shape index (κ2) is 22.0. The van der Waals surface area contributed by atoms with Crippen molar-refractivity contribution in [3.8, 4) is 0 Å². The van der Waals surface area contributed by atoms with Crippen molar-refractivity contribution in [2.45, 2.75) is 98.6 Å². The number of amides is 2. The molecule has 0 aliphatic heterocycles. The monoisotopic (exact) mass is 445 g/mol. The number of rotatable bonds is 18. The van der Waals surface area contributed by atoms with Crippen LogP contribution in [0, 0.1) is 11.8 Å². The van der Waals surface area contributed by atoms with Crippen LogP contribution in [0.3, 0.4) is 0 Å². The molecule has 0 rings (SSSR count). The fraction of sp³-hybridized carbons (Fsp3) is 0.917. The molecule has 0 saturated carbocycles. The quantitative estimate of drug-likeness (QED) is 0.243. The molecule has 0 radical (unpaired) electrons. The topological polar surface area (TPSA) is 99.7 Å². The van der Waals surface area contributed by atoms with E-state index >= 15 is 0 Å². The molecule has 0 heterocycles. The van der Waals surface area contributed by atoms with Crippen LogP contribution < -0.4 is 16.0 Å². The lowest BCUT2D eigenvalue weighted by Crippen LogP contribution is -2.39. The van der Waals surface area contributed by atoms with Crippen LogP contribution in [0.1, 0.15) is 86.5 Å². The first-order valence-electron chi connectivity index (χ1n) is 12.2. The van der Waals surface area contributed by atoms with Gasteiger partial charge in [0.1, 0.15) is 0 Å². The van der Waals surface area contributed by atoms with Gasteiger partial charge in [0, 0.05) is 57.1 Å². The van der Waals surface area contributed by atoms with Gasteiger partial charge in [-0.2, -0.15) is 0 Å². The van der Waals surface area contributed by atoms with Crippen LogP contribution in [0.2, 0.25) is 0 Å². The Bertz CT molecular complexity index is 431. The fourth-order valence-electron chi connectivity index (χ4n) is 3.19. The second-order valence-electron chi connectivity index (χ2n) is 8.51. The SMILES string of the molecule is CC.COCC(CO)CCCCNC(=O)CC(CCCCNC(=O)C(C)C)NC(C)C. The number of aliphatic hydroxyl groups excluding tert-OH is 1. The minimum absolute atomic E-state index is 0.0172. The van der Waals surface area contributed by atoms with Gasteiger partial charge in [-0.25, -0.2) is 0 Å². The van der Waals surface area contributed by atoms with E-state index in [2.05, 4.69) is 29.8 Å². The normalized spacial score (nSPS) is 12.8. The molecule has 2 atom stereocenters. The molecule has 7 heteroatoms. The van der Waals surface area contributed by atoms with Crippen molar-refractivity contribution in [3.63, 3.8) is 0 Å². The zero-order valence-electron chi connectivity index (χ0n) is 21.3. The summed E-state index contributed by atoms with van der Waals surface area (Å²) >= 11 is 0. The van der Waals surface area contributed by atoms with Gasteiger partial charge >= 0.3 is 0 Å². The smallest absolute Gasteiger partial charge is 0.222 e. The maximum absolute atomic E-state index is 12.3. The van der Waals surface area contributed by atoms with E-state index in [1.54, 1.807) is 7.11 Å². The van der Waals surface area contributed by atoms with Crippen LogP contribution in [0.4, 0.5) is 0 Å². The molecule has 0 aliphatic carbocycles. The van der Waals surface area contributed by atoms with Crippen molar-refractivity contribution in [2.24, 2.45) is 11.8 Å². The maximum Gasteiger partial charge on any atom is 0.222 e. The Kier molecular flexibility index (Phi) is 22.7. The average molecular weight is 446 g/mol. The molecule has 4 N–H and O–H groups in total. The largest absolute Gasteiger partial charge is 0.396 e. The number of hydrogen-bond acceptors (Lipinski definition) is 5. The lowest BCUT2D eigenvalue weighted by atomic mass is 10.0. The van der Waals surface area contributed by atoms with E-state index in [4.69, 9.17) is 4.74 Å². The van der Waals surface area contributed by atoms with Crippen molar-refractivity contribution in [3.05, 3.63) is 0 Å². The molecule has 7 nitrogen and oxygen atoms in total. The zero-order chi connectivity index (χ0) is 24.1. The van der Waals surface area contributed by atoms with Crippen LogP contribution in [0.15, 0.2) is 0 Å². The number of aliphatic hydroxyl groups is 1. The summed E-state index contributed by atoms with van der Waals surface area (Å²) in [6.07, 6.45) is 6.05. The number of carbonyl (C=O) groups excluding carboxylic acids is 2. The van der Waals surface area contributed by atoms with E-state index in [0.29, 0.717) is 32.2 Å². The number of methoxy groups -OCH3 is 1. The van der Waals surface area contributed by atoms with Crippen molar-refractivity contribution in [1.29, 1.82) is 0 Å². The highest BCUT2D eigenvalue weighted by Crippen LogP contribution is 2.09. The van der Waals surface area contributed by atoms with Gasteiger partial charge in [0.2, 0.25) is 11.8 Å². The van der Waals surface area contributed by atoms with E-state index in [1.807, 2.05) is 27.7 Å². The second-order valence-corrected chi connectivity index (χ2v) is 8.51. The lowest BCUT2D eigenvalue weighted by molar-refractivity contribution is -0.124. The third-order valence-corrected chi connectivity index (χ3v) is 4.83. The van der Waals surface area contributed by atoms with Gasteiger partial charge in [0.05, 0.1) is 6.61 Å². The summed E-state index contributed by atoms with van der Waals surface area (Å²) in [5.41, 5.74) is 0. The third kappa shape index (κ3) is 20.5. The van der Waals surface area contributed by atoms with Crippen LogP contribution in [0.5, 0.6) is 0 Å². The number of unbranched alkanes of at least 4 members (excludes halogenated alkanes) is 2.